The van der Waals surface area contributed by atoms with E-state index in [0.29, 0.717) is 29.4 Å². The first-order valence-electron chi connectivity index (χ1n) is 9.89. The van der Waals surface area contributed by atoms with E-state index in [-0.39, 0.29) is 12.5 Å². The van der Waals surface area contributed by atoms with Crippen molar-refractivity contribution in [3.8, 4) is 0 Å². The van der Waals surface area contributed by atoms with Crippen molar-refractivity contribution in [1.29, 1.82) is 0 Å². The lowest BCUT2D eigenvalue weighted by Crippen LogP contribution is -2.33. The van der Waals surface area contributed by atoms with Crippen LogP contribution in [0.4, 0.5) is 5.82 Å². The molecule has 1 aromatic heterocycles. The van der Waals surface area contributed by atoms with Crippen LogP contribution in [0, 0.1) is 0 Å². The minimum Gasteiger partial charge on any atom is -0.365 e. The molecule has 0 spiro atoms. The molecule has 0 unspecified atom stereocenters. The predicted molar refractivity (Wildman–Crippen MR) is 123 cm³/mol. The van der Waals surface area contributed by atoms with E-state index in [4.69, 9.17) is 11.6 Å². The summed E-state index contributed by atoms with van der Waals surface area (Å²) in [6.07, 6.45) is 0. The fourth-order valence-electron chi connectivity index (χ4n) is 3.30. The minimum absolute atomic E-state index is 0.112. The van der Waals surface area contributed by atoms with Gasteiger partial charge in [-0.25, -0.2) is 4.79 Å². The molecule has 4 aromatic rings. The van der Waals surface area contributed by atoms with Crippen LogP contribution in [0.15, 0.2) is 83.7 Å². The number of anilines is 1. The van der Waals surface area contributed by atoms with Crippen molar-refractivity contribution >= 4 is 34.2 Å². The van der Waals surface area contributed by atoms with Crippen molar-refractivity contribution in [3.63, 3.8) is 0 Å². The second-order valence-corrected chi connectivity index (χ2v) is 7.53. The van der Waals surface area contributed by atoms with E-state index in [9.17, 15) is 9.59 Å². The molecular weight excluding hydrogens is 412 g/mol. The molecule has 2 N–H and O–H groups in total. The number of rotatable bonds is 7. The van der Waals surface area contributed by atoms with Gasteiger partial charge in [0, 0.05) is 23.5 Å². The van der Waals surface area contributed by atoms with E-state index in [0.717, 1.165) is 16.5 Å². The van der Waals surface area contributed by atoms with Crippen molar-refractivity contribution in [2.75, 3.05) is 5.32 Å². The highest BCUT2D eigenvalue weighted by atomic mass is 35.5. The Balaban J connectivity index is 1.52. The van der Waals surface area contributed by atoms with E-state index in [2.05, 4.69) is 15.6 Å². The Morgan fingerprint density at radius 1 is 0.871 bits per heavy atom. The second kappa shape index (κ2) is 9.45. The Morgan fingerprint density at radius 3 is 2.32 bits per heavy atom. The number of amides is 1. The van der Waals surface area contributed by atoms with Crippen LogP contribution in [0.1, 0.15) is 11.1 Å². The average Bonchev–Trinajstić information content (AvgIpc) is 2.80. The molecule has 31 heavy (non-hydrogen) atoms. The lowest BCUT2D eigenvalue weighted by atomic mass is 10.2. The van der Waals surface area contributed by atoms with Gasteiger partial charge in [-0.1, -0.05) is 66.2 Å². The van der Waals surface area contributed by atoms with Crippen LogP contribution in [-0.2, 0) is 24.4 Å². The monoisotopic (exact) mass is 432 g/mol. The summed E-state index contributed by atoms with van der Waals surface area (Å²) in [4.78, 5) is 29.4. The molecule has 0 aliphatic heterocycles. The summed E-state index contributed by atoms with van der Waals surface area (Å²) in [5.41, 5.74) is 2.18. The highest BCUT2D eigenvalue weighted by molar-refractivity contribution is 6.30. The maximum atomic E-state index is 12.7. The molecule has 1 heterocycles. The van der Waals surface area contributed by atoms with Crippen molar-refractivity contribution in [1.82, 2.24) is 14.9 Å². The van der Waals surface area contributed by atoms with Crippen LogP contribution < -0.4 is 16.3 Å². The molecule has 6 nitrogen and oxygen atoms in total. The molecule has 1 amide bonds. The van der Waals surface area contributed by atoms with Gasteiger partial charge in [0.2, 0.25) is 5.91 Å². The highest BCUT2D eigenvalue weighted by Gasteiger charge is 2.13. The fraction of sp³-hybridized carbons (Fsp3) is 0.125. The first-order chi connectivity index (χ1) is 15.1. The number of carbonyl (C=O) groups excluding carboxylic acids is 1. The Morgan fingerprint density at radius 2 is 1.55 bits per heavy atom. The molecule has 0 radical (unpaired) electrons. The summed E-state index contributed by atoms with van der Waals surface area (Å²) < 4.78 is 1.39. The summed E-state index contributed by atoms with van der Waals surface area (Å²) >= 11 is 5.89. The standard InChI is InChI=1S/C24H21ClN4O2/c25-19-12-10-18(11-13-19)14-26-22(30)16-29-21-9-5-4-8-20(21)23(28-24(29)31)27-15-17-6-2-1-3-7-17/h1-13H,14-16H2,(H,26,30)(H,27,28,31). The summed E-state index contributed by atoms with van der Waals surface area (Å²) in [5.74, 6) is 0.233. The zero-order valence-corrected chi connectivity index (χ0v) is 17.5. The summed E-state index contributed by atoms with van der Waals surface area (Å²) in [7, 11) is 0. The van der Waals surface area contributed by atoms with Crippen LogP contribution in [0.5, 0.6) is 0 Å². The van der Waals surface area contributed by atoms with Crippen LogP contribution in [0.3, 0.4) is 0 Å². The topological polar surface area (TPSA) is 76.0 Å². The summed E-state index contributed by atoms with van der Waals surface area (Å²) in [6.45, 7) is 0.786. The number of carbonyl (C=O) groups is 1. The van der Waals surface area contributed by atoms with Crippen molar-refractivity contribution in [2.24, 2.45) is 0 Å². The van der Waals surface area contributed by atoms with Gasteiger partial charge in [-0.2, -0.15) is 4.98 Å². The fourth-order valence-corrected chi connectivity index (χ4v) is 3.43. The quantitative estimate of drug-likeness (QED) is 0.463. The molecule has 4 rings (SSSR count). The molecule has 0 saturated carbocycles. The van der Waals surface area contributed by atoms with Gasteiger partial charge in [-0.3, -0.25) is 9.36 Å². The van der Waals surface area contributed by atoms with E-state index in [1.807, 2.05) is 66.7 Å². The molecule has 0 aliphatic carbocycles. The third kappa shape index (κ3) is 5.10. The molecule has 0 saturated heterocycles. The Kier molecular flexibility index (Phi) is 6.29. The zero-order valence-electron chi connectivity index (χ0n) is 16.7. The van der Waals surface area contributed by atoms with Gasteiger partial charge < -0.3 is 10.6 Å². The zero-order chi connectivity index (χ0) is 21.6. The van der Waals surface area contributed by atoms with Crippen LogP contribution in [0.2, 0.25) is 5.02 Å². The molecule has 7 heteroatoms. The summed E-state index contributed by atoms with van der Waals surface area (Å²) in [6, 6.07) is 24.5. The SMILES string of the molecule is O=C(Cn1c(=O)nc(NCc2ccccc2)c2ccccc21)NCc1ccc(Cl)cc1. The third-order valence-electron chi connectivity index (χ3n) is 4.90. The molecule has 0 atom stereocenters. The van der Waals surface area contributed by atoms with Crippen molar-refractivity contribution < 1.29 is 4.79 Å². The number of aromatic nitrogens is 2. The largest absolute Gasteiger partial charge is 0.365 e. The lowest BCUT2D eigenvalue weighted by molar-refractivity contribution is -0.121. The van der Waals surface area contributed by atoms with E-state index < -0.39 is 5.69 Å². The number of nitrogens with one attached hydrogen (secondary N) is 2. The normalized spacial score (nSPS) is 10.7. The van der Waals surface area contributed by atoms with Crippen molar-refractivity contribution in [3.05, 3.63) is 105 Å². The minimum atomic E-state index is -0.476. The van der Waals surface area contributed by atoms with Gasteiger partial charge >= 0.3 is 5.69 Å². The number of hydrogen-bond acceptors (Lipinski definition) is 4. The van der Waals surface area contributed by atoms with E-state index in [1.54, 1.807) is 12.1 Å². The molecule has 0 bridgehead atoms. The Labute approximate surface area is 184 Å². The molecule has 0 fully saturated rings. The number of para-hydroxylation sites is 1. The Bertz CT molecular complexity index is 1250. The van der Waals surface area contributed by atoms with Crippen molar-refractivity contribution in [2.45, 2.75) is 19.6 Å². The van der Waals surface area contributed by atoms with Gasteiger partial charge in [0.25, 0.3) is 0 Å². The molecular formula is C24H21ClN4O2. The van der Waals surface area contributed by atoms with E-state index >= 15 is 0 Å². The smallest absolute Gasteiger partial charge is 0.350 e. The first-order valence-corrected chi connectivity index (χ1v) is 10.3. The van der Waals surface area contributed by atoms with Gasteiger partial charge in [0.1, 0.15) is 12.4 Å². The Hall–Kier alpha value is -3.64. The number of halogens is 1. The molecule has 0 aliphatic rings. The highest BCUT2D eigenvalue weighted by Crippen LogP contribution is 2.20. The predicted octanol–water partition coefficient (Wildman–Crippen LogP) is 3.98. The van der Waals surface area contributed by atoms with Crippen LogP contribution in [-0.4, -0.2) is 15.5 Å². The van der Waals surface area contributed by atoms with Gasteiger partial charge in [-0.15, -0.1) is 0 Å². The van der Waals surface area contributed by atoms with Crippen LogP contribution >= 0.6 is 11.6 Å². The first kappa shape index (κ1) is 20.6. The summed E-state index contributed by atoms with van der Waals surface area (Å²) in [5, 5.41) is 7.50. The third-order valence-corrected chi connectivity index (χ3v) is 5.15. The second-order valence-electron chi connectivity index (χ2n) is 7.09. The number of nitrogens with zero attached hydrogens (tertiary/aromatic N) is 2. The van der Waals surface area contributed by atoms with Gasteiger partial charge in [0.15, 0.2) is 0 Å². The van der Waals surface area contributed by atoms with Crippen LogP contribution in [0.25, 0.3) is 10.9 Å². The maximum Gasteiger partial charge on any atom is 0.350 e. The average molecular weight is 433 g/mol. The molecule has 3 aromatic carbocycles. The van der Waals surface area contributed by atoms with E-state index in [1.165, 1.54) is 4.57 Å². The molecule has 156 valence electrons. The number of benzene rings is 3. The number of fused-ring (bicyclic) bond motifs is 1. The lowest BCUT2D eigenvalue weighted by Gasteiger charge is -2.14. The number of hydrogen-bond donors (Lipinski definition) is 2. The van der Waals surface area contributed by atoms with Gasteiger partial charge in [-0.05, 0) is 35.4 Å². The maximum absolute atomic E-state index is 12.7. The van der Waals surface area contributed by atoms with Gasteiger partial charge in [0.05, 0.1) is 5.52 Å².